The summed E-state index contributed by atoms with van der Waals surface area (Å²) in [6, 6.07) is 5.66. The normalized spacial score (nSPS) is 20.5. The second kappa shape index (κ2) is 3.10. The van der Waals surface area contributed by atoms with Crippen molar-refractivity contribution in [3.8, 4) is 0 Å². The van der Waals surface area contributed by atoms with Crippen LogP contribution >= 0.6 is 0 Å². The minimum absolute atomic E-state index is 0.0656. The fraction of sp³-hybridized carbons (Fsp3) is 0.111. The number of alkyl carbamates (subject to hydrolysis) is 1. The van der Waals surface area contributed by atoms with Crippen LogP contribution in [-0.4, -0.2) is 12.0 Å². The number of hydrogen-bond acceptors (Lipinski definition) is 3. The number of hydrogen-bond donors (Lipinski definition) is 1. The molecule has 5 heteroatoms. The molecule has 0 spiro atoms. The molecule has 2 amide bonds. The van der Waals surface area contributed by atoms with E-state index in [1.54, 1.807) is 6.07 Å². The van der Waals surface area contributed by atoms with E-state index in [0.29, 0.717) is 0 Å². The van der Waals surface area contributed by atoms with Gasteiger partial charge in [0.25, 0.3) is 5.91 Å². The van der Waals surface area contributed by atoms with Crippen LogP contribution in [0.5, 0.6) is 0 Å². The third-order valence-electron chi connectivity index (χ3n) is 1.88. The van der Waals surface area contributed by atoms with Crippen molar-refractivity contribution in [2.75, 3.05) is 0 Å². The second-order valence-corrected chi connectivity index (χ2v) is 2.80. The van der Waals surface area contributed by atoms with E-state index in [2.05, 4.69) is 4.74 Å². The molecule has 0 unspecified atom stereocenters. The molecule has 1 N–H and O–H groups in total. The largest absolute Gasteiger partial charge is 0.431 e. The Kier molecular flexibility index (Phi) is 1.92. The van der Waals surface area contributed by atoms with Gasteiger partial charge in [-0.1, -0.05) is 18.2 Å². The molecule has 4 nitrogen and oxygen atoms in total. The number of amides is 2. The highest BCUT2D eigenvalue weighted by Crippen LogP contribution is 2.23. The van der Waals surface area contributed by atoms with Gasteiger partial charge >= 0.3 is 6.09 Å². The van der Waals surface area contributed by atoms with Crippen molar-refractivity contribution in [2.24, 2.45) is 0 Å². The molecular weight excluding hydrogens is 189 g/mol. The third kappa shape index (κ3) is 1.32. The van der Waals surface area contributed by atoms with E-state index < -0.39 is 23.9 Å². The average molecular weight is 195 g/mol. The molecule has 1 saturated heterocycles. The van der Waals surface area contributed by atoms with E-state index in [-0.39, 0.29) is 5.56 Å². The van der Waals surface area contributed by atoms with Crippen LogP contribution in [0.1, 0.15) is 11.7 Å². The lowest BCUT2D eigenvalue weighted by Crippen LogP contribution is -2.20. The van der Waals surface area contributed by atoms with Gasteiger partial charge in [-0.25, -0.2) is 9.18 Å². The van der Waals surface area contributed by atoms with Crippen molar-refractivity contribution in [3.05, 3.63) is 35.6 Å². The molecule has 1 atom stereocenters. The van der Waals surface area contributed by atoms with Gasteiger partial charge in [0, 0.05) is 5.56 Å². The van der Waals surface area contributed by atoms with Gasteiger partial charge in [-0.2, -0.15) is 0 Å². The molecular formula is C9H6FNO3. The highest BCUT2D eigenvalue weighted by molar-refractivity contribution is 6.00. The smallest absolute Gasteiger partial charge is 0.415 e. The Labute approximate surface area is 78.7 Å². The zero-order valence-electron chi connectivity index (χ0n) is 6.99. The van der Waals surface area contributed by atoms with Gasteiger partial charge in [0.05, 0.1) is 0 Å². The lowest BCUT2D eigenvalue weighted by atomic mass is 10.1. The summed E-state index contributed by atoms with van der Waals surface area (Å²) in [5.41, 5.74) is 0.0656. The summed E-state index contributed by atoms with van der Waals surface area (Å²) in [5.74, 6) is -1.21. The maximum Gasteiger partial charge on any atom is 0.415 e. The Balaban J connectivity index is 2.36. The number of imide groups is 1. The van der Waals surface area contributed by atoms with E-state index in [0.717, 1.165) is 0 Å². The molecule has 0 aromatic heterocycles. The number of rotatable bonds is 1. The highest BCUT2D eigenvalue weighted by atomic mass is 19.1. The molecule has 1 aliphatic rings. The lowest BCUT2D eigenvalue weighted by Gasteiger charge is -2.06. The third-order valence-corrected chi connectivity index (χ3v) is 1.88. The lowest BCUT2D eigenvalue weighted by molar-refractivity contribution is -0.123. The Morgan fingerprint density at radius 3 is 2.57 bits per heavy atom. The molecule has 0 saturated carbocycles. The Morgan fingerprint density at radius 2 is 2.00 bits per heavy atom. The Bertz CT molecular complexity index is 405. The minimum atomic E-state index is -1.16. The number of halogens is 1. The van der Waals surface area contributed by atoms with E-state index in [1.165, 1.54) is 18.2 Å². The molecule has 2 rings (SSSR count). The molecule has 0 bridgehead atoms. The summed E-state index contributed by atoms with van der Waals surface area (Å²) in [7, 11) is 0. The van der Waals surface area contributed by atoms with E-state index in [9.17, 15) is 14.0 Å². The first-order valence-corrected chi connectivity index (χ1v) is 3.94. The van der Waals surface area contributed by atoms with Crippen molar-refractivity contribution in [1.29, 1.82) is 0 Å². The fourth-order valence-corrected chi connectivity index (χ4v) is 1.25. The van der Waals surface area contributed by atoms with E-state index in [1.807, 2.05) is 5.32 Å². The minimum Gasteiger partial charge on any atom is -0.431 e. The molecule has 1 aromatic carbocycles. The summed E-state index contributed by atoms with van der Waals surface area (Å²) in [5, 5.41) is 1.93. The summed E-state index contributed by atoms with van der Waals surface area (Å²) < 4.78 is 17.8. The average Bonchev–Trinajstić information content (AvgIpc) is 2.46. The van der Waals surface area contributed by atoms with Crippen LogP contribution in [0, 0.1) is 5.82 Å². The van der Waals surface area contributed by atoms with Crippen molar-refractivity contribution in [2.45, 2.75) is 6.10 Å². The number of cyclic esters (lactones) is 1. The molecule has 1 fully saturated rings. The number of carbonyl (C=O) groups excluding carboxylic acids is 2. The zero-order valence-corrected chi connectivity index (χ0v) is 6.99. The maximum absolute atomic E-state index is 13.2. The molecule has 72 valence electrons. The van der Waals surface area contributed by atoms with Crippen LogP contribution in [0.2, 0.25) is 0 Å². The summed E-state index contributed by atoms with van der Waals surface area (Å²) in [4.78, 5) is 21.8. The first-order chi connectivity index (χ1) is 6.68. The molecule has 1 aromatic rings. The van der Waals surface area contributed by atoms with Crippen LogP contribution in [0.25, 0.3) is 0 Å². The predicted octanol–water partition coefficient (Wildman–Crippen LogP) is 1.13. The van der Waals surface area contributed by atoms with Crippen LogP contribution in [0.15, 0.2) is 24.3 Å². The Hall–Kier alpha value is -1.91. The van der Waals surface area contributed by atoms with Crippen molar-refractivity contribution >= 4 is 12.0 Å². The highest BCUT2D eigenvalue weighted by Gasteiger charge is 2.35. The molecule has 1 heterocycles. The summed E-state index contributed by atoms with van der Waals surface area (Å²) >= 11 is 0. The van der Waals surface area contributed by atoms with Gasteiger partial charge in [-0.15, -0.1) is 0 Å². The quantitative estimate of drug-likeness (QED) is 0.730. The van der Waals surface area contributed by atoms with Crippen molar-refractivity contribution < 1.29 is 18.7 Å². The van der Waals surface area contributed by atoms with E-state index in [4.69, 9.17) is 0 Å². The van der Waals surface area contributed by atoms with Crippen molar-refractivity contribution in [3.63, 3.8) is 0 Å². The van der Waals surface area contributed by atoms with E-state index >= 15 is 0 Å². The van der Waals surface area contributed by atoms with Gasteiger partial charge < -0.3 is 4.74 Å². The number of nitrogens with one attached hydrogen (secondary N) is 1. The first kappa shape index (κ1) is 8.68. The van der Waals surface area contributed by atoms with Crippen molar-refractivity contribution in [1.82, 2.24) is 5.32 Å². The first-order valence-electron chi connectivity index (χ1n) is 3.94. The predicted molar refractivity (Wildman–Crippen MR) is 43.8 cm³/mol. The van der Waals surface area contributed by atoms with Gasteiger partial charge in [-0.05, 0) is 6.07 Å². The topological polar surface area (TPSA) is 55.4 Å². The number of carbonyl (C=O) groups is 2. The maximum atomic E-state index is 13.2. The van der Waals surface area contributed by atoms with Crippen LogP contribution in [0.4, 0.5) is 9.18 Å². The number of ether oxygens (including phenoxy) is 1. The zero-order chi connectivity index (χ0) is 10.1. The monoisotopic (exact) mass is 195 g/mol. The van der Waals surface area contributed by atoms with Crippen LogP contribution < -0.4 is 5.32 Å². The van der Waals surface area contributed by atoms with Crippen LogP contribution in [-0.2, 0) is 9.53 Å². The van der Waals surface area contributed by atoms with Crippen LogP contribution in [0.3, 0.4) is 0 Å². The fourth-order valence-electron chi connectivity index (χ4n) is 1.25. The SMILES string of the molecule is O=C1NC(=O)[C@H](c2ccccc2F)O1. The summed E-state index contributed by atoms with van der Waals surface area (Å²) in [6.07, 6.45) is -2.01. The van der Waals surface area contributed by atoms with Gasteiger partial charge in [0.15, 0.2) is 0 Å². The standard InChI is InChI=1S/C9H6FNO3/c10-6-4-2-1-3-5(6)7-8(12)11-9(13)14-7/h1-4,7H,(H,11,12,13)/t7-/m0/s1. The molecule has 1 aliphatic heterocycles. The molecule has 0 radical (unpaired) electrons. The summed E-state index contributed by atoms with van der Waals surface area (Å²) in [6.45, 7) is 0. The second-order valence-electron chi connectivity index (χ2n) is 2.80. The molecule has 0 aliphatic carbocycles. The Morgan fingerprint density at radius 1 is 1.29 bits per heavy atom. The number of benzene rings is 1. The molecule has 14 heavy (non-hydrogen) atoms. The van der Waals surface area contributed by atoms with Gasteiger partial charge in [0.1, 0.15) is 5.82 Å². The van der Waals surface area contributed by atoms with Gasteiger partial charge in [-0.3, -0.25) is 10.1 Å². The van der Waals surface area contributed by atoms with Gasteiger partial charge in [0.2, 0.25) is 6.10 Å².